The first-order chi connectivity index (χ1) is 11.0. The summed E-state index contributed by atoms with van der Waals surface area (Å²) in [5.74, 6) is 0.366. The summed E-state index contributed by atoms with van der Waals surface area (Å²) in [4.78, 5) is 16.4. The van der Waals surface area contributed by atoms with E-state index in [0.29, 0.717) is 27.9 Å². The minimum atomic E-state index is -0.183. The standard InChI is InChI=1S/C17H13Cl2NO3/c18-11-3-4-13(19)14(8-11)20-9-12-15(21)6-10(7-16(12)22)17-2-1-5-23-17/h1-5,8-10,21H,6-7H2. The first-order valence-corrected chi connectivity index (χ1v) is 7.78. The summed E-state index contributed by atoms with van der Waals surface area (Å²) in [5, 5.41) is 11.1. The van der Waals surface area contributed by atoms with Crippen LogP contribution in [0.5, 0.6) is 0 Å². The van der Waals surface area contributed by atoms with Gasteiger partial charge in [-0.2, -0.15) is 0 Å². The van der Waals surface area contributed by atoms with Gasteiger partial charge in [0.15, 0.2) is 5.78 Å². The van der Waals surface area contributed by atoms with Gasteiger partial charge in [-0.3, -0.25) is 9.79 Å². The number of carbonyl (C=O) groups excluding carboxylic acids is 1. The second-order valence-corrected chi connectivity index (χ2v) is 6.10. The van der Waals surface area contributed by atoms with Crippen LogP contribution in [0.2, 0.25) is 10.0 Å². The van der Waals surface area contributed by atoms with Gasteiger partial charge in [0.1, 0.15) is 11.5 Å². The maximum Gasteiger partial charge on any atom is 0.168 e. The van der Waals surface area contributed by atoms with Gasteiger partial charge in [-0.1, -0.05) is 23.2 Å². The zero-order valence-corrected chi connectivity index (χ0v) is 13.5. The van der Waals surface area contributed by atoms with E-state index in [2.05, 4.69) is 4.99 Å². The number of ketones is 1. The number of allylic oxidation sites excluding steroid dienone is 2. The summed E-state index contributed by atoms with van der Waals surface area (Å²) in [6.45, 7) is 0. The van der Waals surface area contributed by atoms with Crippen LogP contribution in [0.25, 0.3) is 0 Å². The largest absolute Gasteiger partial charge is 0.511 e. The van der Waals surface area contributed by atoms with E-state index in [1.807, 2.05) is 0 Å². The SMILES string of the molecule is O=C1CC(c2ccco2)CC(O)=C1C=Nc1cc(Cl)ccc1Cl. The minimum absolute atomic E-state index is 0.00421. The van der Waals surface area contributed by atoms with Crippen molar-refractivity contribution in [1.82, 2.24) is 0 Å². The molecule has 23 heavy (non-hydrogen) atoms. The Morgan fingerprint density at radius 2 is 2.09 bits per heavy atom. The molecule has 118 valence electrons. The molecule has 0 bridgehead atoms. The average molecular weight is 350 g/mol. The maximum absolute atomic E-state index is 12.3. The van der Waals surface area contributed by atoms with Crippen molar-refractivity contribution < 1.29 is 14.3 Å². The van der Waals surface area contributed by atoms with E-state index >= 15 is 0 Å². The summed E-state index contributed by atoms with van der Waals surface area (Å²) < 4.78 is 5.31. The van der Waals surface area contributed by atoms with E-state index in [1.54, 1.807) is 36.6 Å². The zero-order valence-electron chi connectivity index (χ0n) is 12.0. The molecule has 1 heterocycles. The molecular weight excluding hydrogens is 337 g/mol. The number of hydrogen-bond donors (Lipinski definition) is 1. The van der Waals surface area contributed by atoms with Crippen LogP contribution in [0.1, 0.15) is 24.5 Å². The molecule has 1 N–H and O–H groups in total. The van der Waals surface area contributed by atoms with Crippen molar-refractivity contribution in [2.75, 3.05) is 0 Å². The van der Waals surface area contributed by atoms with Crippen molar-refractivity contribution in [2.24, 2.45) is 4.99 Å². The number of hydrogen-bond acceptors (Lipinski definition) is 4. The average Bonchev–Trinajstić information content (AvgIpc) is 3.04. The Labute approximate surface area is 143 Å². The lowest BCUT2D eigenvalue weighted by Crippen LogP contribution is -2.18. The molecule has 0 aliphatic heterocycles. The number of furan rings is 1. The molecule has 3 rings (SSSR count). The van der Waals surface area contributed by atoms with E-state index < -0.39 is 0 Å². The van der Waals surface area contributed by atoms with Crippen LogP contribution in [0, 0.1) is 0 Å². The van der Waals surface area contributed by atoms with Gasteiger partial charge in [0.2, 0.25) is 0 Å². The highest BCUT2D eigenvalue weighted by molar-refractivity contribution is 6.35. The van der Waals surface area contributed by atoms with Crippen LogP contribution in [0.15, 0.2) is 57.3 Å². The Kier molecular flexibility index (Phi) is 4.55. The number of nitrogens with zero attached hydrogens (tertiary/aromatic N) is 1. The first-order valence-electron chi connectivity index (χ1n) is 7.02. The summed E-state index contributed by atoms with van der Waals surface area (Å²) >= 11 is 11.9. The quantitative estimate of drug-likeness (QED) is 0.769. The number of aliphatic hydroxyl groups is 1. The predicted octanol–water partition coefficient (Wildman–Crippen LogP) is 5.25. The number of aliphatic hydroxyl groups excluding tert-OH is 1. The first kappa shape index (κ1) is 15.8. The Morgan fingerprint density at radius 3 is 2.78 bits per heavy atom. The van der Waals surface area contributed by atoms with Gasteiger partial charge in [-0.05, 0) is 30.3 Å². The Morgan fingerprint density at radius 1 is 1.26 bits per heavy atom. The van der Waals surface area contributed by atoms with Gasteiger partial charge in [-0.15, -0.1) is 0 Å². The topological polar surface area (TPSA) is 62.8 Å². The van der Waals surface area contributed by atoms with Crippen LogP contribution in [-0.4, -0.2) is 17.1 Å². The molecule has 1 unspecified atom stereocenters. The number of rotatable bonds is 3. The van der Waals surface area contributed by atoms with Crippen LogP contribution in [-0.2, 0) is 4.79 Å². The van der Waals surface area contributed by atoms with Crippen molar-refractivity contribution in [2.45, 2.75) is 18.8 Å². The van der Waals surface area contributed by atoms with E-state index in [-0.39, 0.29) is 29.5 Å². The summed E-state index contributed by atoms with van der Waals surface area (Å²) in [6, 6.07) is 8.44. The molecular formula is C17H13Cl2NO3. The molecule has 1 aromatic heterocycles. The van der Waals surface area contributed by atoms with Crippen LogP contribution in [0.4, 0.5) is 5.69 Å². The second kappa shape index (κ2) is 6.60. The molecule has 2 aromatic rings. The summed E-state index contributed by atoms with van der Waals surface area (Å²) in [7, 11) is 0. The normalized spacial score (nSPS) is 18.9. The fourth-order valence-corrected chi connectivity index (χ4v) is 2.83. The monoisotopic (exact) mass is 349 g/mol. The lowest BCUT2D eigenvalue weighted by atomic mass is 9.86. The number of Topliss-reactive ketones (excluding diaryl/α,β-unsaturated/α-hetero) is 1. The molecule has 0 spiro atoms. The molecule has 1 aliphatic carbocycles. The van der Waals surface area contributed by atoms with Crippen molar-refractivity contribution >= 4 is 40.9 Å². The highest BCUT2D eigenvalue weighted by atomic mass is 35.5. The lowest BCUT2D eigenvalue weighted by Gasteiger charge is -2.20. The molecule has 0 radical (unpaired) electrons. The number of benzene rings is 1. The van der Waals surface area contributed by atoms with Crippen LogP contribution < -0.4 is 0 Å². The summed E-state index contributed by atoms with van der Waals surface area (Å²) in [5.41, 5.74) is 0.643. The maximum atomic E-state index is 12.3. The van der Waals surface area contributed by atoms with Crippen molar-refractivity contribution in [3.63, 3.8) is 0 Å². The van der Waals surface area contributed by atoms with Gasteiger partial charge < -0.3 is 9.52 Å². The molecule has 0 saturated carbocycles. The smallest absolute Gasteiger partial charge is 0.168 e. The van der Waals surface area contributed by atoms with Crippen molar-refractivity contribution in [3.05, 3.63) is 63.7 Å². The highest BCUT2D eigenvalue weighted by Gasteiger charge is 2.29. The minimum Gasteiger partial charge on any atom is -0.511 e. The number of aliphatic imine (C=N–C) groups is 1. The summed E-state index contributed by atoms with van der Waals surface area (Å²) in [6.07, 6.45) is 3.50. The Balaban J connectivity index is 1.85. The van der Waals surface area contributed by atoms with Crippen LogP contribution >= 0.6 is 23.2 Å². The molecule has 0 saturated heterocycles. The molecule has 4 nitrogen and oxygen atoms in total. The van der Waals surface area contributed by atoms with Gasteiger partial charge in [-0.25, -0.2) is 0 Å². The molecule has 1 atom stereocenters. The fraction of sp³-hybridized carbons (Fsp3) is 0.176. The molecule has 0 amide bonds. The third-order valence-electron chi connectivity index (χ3n) is 3.67. The third-order valence-corrected chi connectivity index (χ3v) is 4.22. The highest BCUT2D eigenvalue weighted by Crippen LogP contribution is 2.34. The van der Waals surface area contributed by atoms with Crippen molar-refractivity contribution in [3.8, 4) is 0 Å². The van der Waals surface area contributed by atoms with E-state index in [1.165, 1.54) is 6.21 Å². The number of halogens is 2. The van der Waals surface area contributed by atoms with Crippen molar-refractivity contribution in [1.29, 1.82) is 0 Å². The van der Waals surface area contributed by atoms with Crippen LogP contribution in [0.3, 0.4) is 0 Å². The zero-order chi connectivity index (χ0) is 16.4. The lowest BCUT2D eigenvalue weighted by molar-refractivity contribution is -0.116. The van der Waals surface area contributed by atoms with Gasteiger partial charge in [0, 0.05) is 30.0 Å². The second-order valence-electron chi connectivity index (χ2n) is 5.26. The molecule has 1 aliphatic rings. The fourth-order valence-electron chi connectivity index (χ4n) is 2.50. The third kappa shape index (κ3) is 3.49. The van der Waals surface area contributed by atoms with E-state index in [0.717, 1.165) is 0 Å². The number of carbonyl (C=O) groups is 1. The van der Waals surface area contributed by atoms with Gasteiger partial charge in [0.25, 0.3) is 0 Å². The Bertz CT molecular complexity index is 794. The van der Waals surface area contributed by atoms with E-state index in [9.17, 15) is 9.90 Å². The van der Waals surface area contributed by atoms with E-state index in [4.69, 9.17) is 27.6 Å². The molecule has 0 fully saturated rings. The van der Waals surface area contributed by atoms with Gasteiger partial charge >= 0.3 is 0 Å². The predicted molar refractivity (Wildman–Crippen MR) is 90.0 cm³/mol. The molecule has 6 heteroatoms. The Hall–Kier alpha value is -2.04. The molecule has 1 aromatic carbocycles. The van der Waals surface area contributed by atoms with Gasteiger partial charge in [0.05, 0.1) is 22.5 Å².